The molecule has 0 aromatic carbocycles. The van der Waals surface area contributed by atoms with Crippen LogP contribution in [-0.2, 0) is 17.7 Å². The lowest BCUT2D eigenvalue weighted by atomic mass is 9.60. The van der Waals surface area contributed by atoms with Crippen molar-refractivity contribution in [3.8, 4) is 0 Å². The molecule has 0 atom stereocenters. The first-order chi connectivity index (χ1) is 11.7. The summed E-state index contributed by atoms with van der Waals surface area (Å²) < 4.78 is 5.07. The molecule has 2 fully saturated rings. The maximum Gasteiger partial charge on any atom is 0.339 e. The van der Waals surface area contributed by atoms with Crippen molar-refractivity contribution in [2.75, 3.05) is 26.2 Å². The average molecular weight is 329 g/mol. The van der Waals surface area contributed by atoms with Crippen molar-refractivity contribution in [2.45, 2.75) is 51.6 Å². The lowest BCUT2D eigenvalue weighted by Crippen LogP contribution is -2.55. The molecule has 0 bridgehead atoms. The molecule has 1 aliphatic carbocycles. The standard InChI is InChI=1S/C19H27N3O2/c1-2-24-18(23)15-9-14-3-8-22(13-17(14)21-12-15)16-10-19(11-16)4-6-20-7-5-19/h9,12,16,20H,2-8,10-11,13H2,1H3. The molecule has 3 aliphatic rings. The summed E-state index contributed by atoms with van der Waals surface area (Å²) in [5.74, 6) is -0.262. The lowest BCUT2D eigenvalue weighted by Gasteiger charge is -2.54. The van der Waals surface area contributed by atoms with Crippen molar-refractivity contribution in [3.63, 3.8) is 0 Å². The molecule has 5 nitrogen and oxygen atoms in total. The van der Waals surface area contributed by atoms with Crippen LogP contribution in [0, 0.1) is 5.41 Å². The zero-order valence-corrected chi connectivity index (χ0v) is 14.5. The SMILES string of the molecule is CCOC(=O)c1cnc2c(c1)CCN(C1CC3(CCNCC3)C1)C2. The third-order valence-electron chi connectivity index (χ3n) is 6.11. The molecule has 3 heterocycles. The van der Waals surface area contributed by atoms with E-state index >= 15 is 0 Å². The van der Waals surface area contributed by atoms with Gasteiger partial charge in [-0.3, -0.25) is 9.88 Å². The first-order valence-corrected chi connectivity index (χ1v) is 9.29. The van der Waals surface area contributed by atoms with E-state index in [0.29, 0.717) is 17.6 Å². The van der Waals surface area contributed by atoms with Gasteiger partial charge in [0.1, 0.15) is 0 Å². The number of nitrogens with one attached hydrogen (secondary N) is 1. The van der Waals surface area contributed by atoms with Crippen LogP contribution in [0.5, 0.6) is 0 Å². The molecular formula is C19H27N3O2. The number of esters is 1. The Balaban J connectivity index is 1.39. The highest BCUT2D eigenvalue weighted by molar-refractivity contribution is 5.89. The Morgan fingerprint density at radius 2 is 2.21 bits per heavy atom. The summed E-state index contributed by atoms with van der Waals surface area (Å²) in [6.45, 7) is 6.62. The fourth-order valence-electron chi connectivity index (χ4n) is 4.63. The number of nitrogens with zero attached hydrogens (tertiary/aromatic N) is 2. The smallest absolute Gasteiger partial charge is 0.339 e. The van der Waals surface area contributed by atoms with Crippen LogP contribution in [0.2, 0.25) is 0 Å². The van der Waals surface area contributed by atoms with Gasteiger partial charge in [-0.05, 0) is 69.2 Å². The van der Waals surface area contributed by atoms with E-state index in [1.165, 1.54) is 44.3 Å². The molecule has 1 saturated carbocycles. The average Bonchev–Trinajstić information content (AvgIpc) is 2.59. The van der Waals surface area contributed by atoms with Crippen molar-refractivity contribution in [3.05, 3.63) is 29.1 Å². The maximum absolute atomic E-state index is 11.9. The topological polar surface area (TPSA) is 54.5 Å². The van der Waals surface area contributed by atoms with Crippen LogP contribution in [-0.4, -0.2) is 48.1 Å². The highest BCUT2D eigenvalue weighted by Gasteiger charge is 2.46. The van der Waals surface area contributed by atoms with E-state index in [-0.39, 0.29) is 5.97 Å². The molecule has 1 N–H and O–H groups in total. The van der Waals surface area contributed by atoms with Crippen molar-refractivity contribution in [1.82, 2.24) is 15.2 Å². The molecule has 0 amide bonds. The third-order valence-corrected chi connectivity index (χ3v) is 6.11. The molecule has 4 rings (SSSR count). The van der Waals surface area contributed by atoms with Crippen LogP contribution in [0.3, 0.4) is 0 Å². The number of hydrogen-bond donors (Lipinski definition) is 1. The Hall–Kier alpha value is -1.46. The zero-order valence-electron chi connectivity index (χ0n) is 14.5. The molecule has 0 radical (unpaired) electrons. The summed E-state index contributed by atoms with van der Waals surface area (Å²) in [7, 11) is 0. The minimum absolute atomic E-state index is 0.262. The van der Waals surface area contributed by atoms with E-state index in [1.54, 1.807) is 6.20 Å². The number of rotatable bonds is 3. The Morgan fingerprint density at radius 1 is 1.42 bits per heavy atom. The van der Waals surface area contributed by atoms with E-state index in [1.807, 2.05) is 13.0 Å². The molecule has 5 heteroatoms. The molecule has 1 spiro atoms. The van der Waals surface area contributed by atoms with E-state index < -0.39 is 0 Å². The molecule has 1 aromatic rings. The predicted molar refractivity (Wildman–Crippen MR) is 91.9 cm³/mol. The molecule has 1 aromatic heterocycles. The molecule has 24 heavy (non-hydrogen) atoms. The van der Waals surface area contributed by atoms with Gasteiger partial charge in [-0.2, -0.15) is 0 Å². The zero-order chi connectivity index (χ0) is 16.6. The van der Waals surface area contributed by atoms with Gasteiger partial charge in [-0.25, -0.2) is 4.79 Å². The Labute approximate surface area is 143 Å². The molecule has 2 aliphatic heterocycles. The number of pyridine rings is 1. The summed E-state index contributed by atoms with van der Waals surface area (Å²) in [5.41, 5.74) is 3.56. The van der Waals surface area contributed by atoms with Crippen LogP contribution >= 0.6 is 0 Å². The van der Waals surface area contributed by atoms with Gasteiger partial charge in [0.2, 0.25) is 0 Å². The molecule has 0 unspecified atom stereocenters. The normalized spacial score (nSPS) is 23.5. The van der Waals surface area contributed by atoms with Crippen LogP contribution in [0.25, 0.3) is 0 Å². The predicted octanol–water partition coefficient (Wildman–Crippen LogP) is 2.15. The monoisotopic (exact) mass is 329 g/mol. The molecular weight excluding hydrogens is 302 g/mol. The van der Waals surface area contributed by atoms with Gasteiger partial charge in [-0.1, -0.05) is 0 Å². The number of piperidine rings is 1. The summed E-state index contributed by atoms with van der Waals surface area (Å²) in [4.78, 5) is 19.0. The van der Waals surface area contributed by atoms with Gasteiger partial charge in [-0.15, -0.1) is 0 Å². The van der Waals surface area contributed by atoms with Crippen molar-refractivity contribution >= 4 is 5.97 Å². The Kier molecular flexibility index (Phi) is 4.31. The summed E-state index contributed by atoms with van der Waals surface area (Å²) in [6.07, 6.45) is 8.05. The van der Waals surface area contributed by atoms with Crippen LogP contribution in [0.1, 0.15) is 54.2 Å². The highest BCUT2D eigenvalue weighted by Crippen LogP contribution is 2.50. The van der Waals surface area contributed by atoms with E-state index in [2.05, 4.69) is 15.2 Å². The summed E-state index contributed by atoms with van der Waals surface area (Å²) >= 11 is 0. The second kappa shape index (κ2) is 6.45. The van der Waals surface area contributed by atoms with E-state index in [4.69, 9.17) is 4.74 Å². The van der Waals surface area contributed by atoms with Gasteiger partial charge < -0.3 is 10.1 Å². The highest BCUT2D eigenvalue weighted by atomic mass is 16.5. The first-order valence-electron chi connectivity index (χ1n) is 9.29. The number of fused-ring (bicyclic) bond motifs is 1. The lowest BCUT2D eigenvalue weighted by molar-refractivity contribution is -0.0268. The van der Waals surface area contributed by atoms with E-state index in [9.17, 15) is 4.79 Å². The minimum Gasteiger partial charge on any atom is -0.462 e. The van der Waals surface area contributed by atoms with Gasteiger partial charge in [0, 0.05) is 25.3 Å². The van der Waals surface area contributed by atoms with Crippen molar-refractivity contribution < 1.29 is 9.53 Å². The van der Waals surface area contributed by atoms with Crippen LogP contribution in [0.4, 0.5) is 0 Å². The van der Waals surface area contributed by atoms with Crippen LogP contribution in [0.15, 0.2) is 12.3 Å². The quantitative estimate of drug-likeness (QED) is 0.861. The Morgan fingerprint density at radius 3 is 2.96 bits per heavy atom. The van der Waals surface area contributed by atoms with Gasteiger partial charge in [0.25, 0.3) is 0 Å². The van der Waals surface area contributed by atoms with Crippen molar-refractivity contribution in [2.24, 2.45) is 5.41 Å². The number of carbonyl (C=O) groups excluding carboxylic acids is 1. The van der Waals surface area contributed by atoms with Crippen LogP contribution < -0.4 is 5.32 Å². The van der Waals surface area contributed by atoms with E-state index in [0.717, 1.165) is 31.2 Å². The Bertz CT molecular complexity index is 617. The fraction of sp³-hybridized carbons (Fsp3) is 0.684. The summed E-state index contributed by atoms with van der Waals surface area (Å²) in [6, 6.07) is 2.70. The minimum atomic E-state index is -0.262. The first kappa shape index (κ1) is 16.0. The van der Waals surface area contributed by atoms with Gasteiger partial charge in [0.15, 0.2) is 0 Å². The second-order valence-corrected chi connectivity index (χ2v) is 7.58. The number of hydrogen-bond acceptors (Lipinski definition) is 5. The van der Waals surface area contributed by atoms with Crippen molar-refractivity contribution in [1.29, 1.82) is 0 Å². The number of ether oxygens (including phenoxy) is 1. The molecule has 1 saturated heterocycles. The third kappa shape index (κ3) is 2.95. The largest absolute Gasteiger partial charge is 0.462 e. The number of aromatic nitrogens is 1. The number of carbonyl (C=O) groups is 1. The van der Waals surface area contributed by atoms with Gasteiger partial charge >= 0.3 is 5.97 Å². The maximum atomic E-state index is 11.9. The second-order valence-electron chi connectivity index (χ2n) is 7.58. The van der Waals surface area contributed by atoms with Gasteiger partial charge in [0.05, 0.1) is 17.9 Å². The molecule has 130 valence electrons. The summed E-state index contributed by atoms with van der Waals surface area (Å²) in [5, 5.41) is 3.48. The fourth-order valence-corrected chi connectivity index (χ4v) is 4.63.